The molecule has 1 unspecified atom stereocenters. The minimum Gasteiger partial charge on any atom is -0.351 e. The van der Waals surface area contributed by atoms with Crippen molar-refractivity contribution in [3.63, 3.8) is 0 Å². The van der Waals surface area contributed by atoms with Gasteiger partial charge in [-0.2, -0.15) is 5.26 Å². The lowest BCUT2D eigenvalue weighted by molar-refractivity contribution is 0.101. The fourth-order valence-electron chi connectivity index (χ4n) is 4.89. The predicted octanol–water partition coefficient (Wildman–Crippen LogP) is 4.80. The SMILES string of the molecule is CC(=O)c1ccc(-c2ccc(N3CCN(C(=Nc4cccc5ncccc45)NC#N)C(C(C)C)C3)nn2)cc1. The standard InChI is InChI=1S/C30H30N8O/c1-20(2)28-18-37(29-14-13-25(35-36-29)23-11-9-22(10-12-23)21(3)39)16-17-38(28)30(33-19-31)34-27-8-4-7-26-24(27)6-5-15-32-26/h4-15,20,28H,16-18H2,1-3H3,(H,33,34). The zero-order valence-electron chi connectivity index (χ0n) is 22.2. The van der Waals surface area contributed by atoms with Crippen molar-refractivity contribution in [2.24, 2.45) is 10.9 Å². The summed E-state index contributed by atoms with van der Waals surface area (Å²) in [7, 11) is 0. The maximum atomic E-state index is 11.6. The van der Waals surface area contributed by atoms with Crippen molar-refractivity contribution >= 4 is 34.2 Å². The largest absolute Gasteiger partial charge is 0.351 e. The van der Waals surface area contributed by atoms with Crippen LogP contribution >= 0.6 is 0 Å². The van der Waals surface area contributed by atoms with Gasteiger partial charge in [-0.1, -0.05) is 44.2 Å². The van der Waals surface area contributed by atoms with Gasteiger partial charge in [-0.15, -0.1) is 10.2 Å². The minimum atomic E-state index is 0.0362. The van der Waals surface area contributed by atoms with E-state index >= 15 is 0 Å². The van der Waals surface area contributed by atoms with Crippen LogP contribution in [0.1, 0.15) is 31.1 Å². The molecule has 1 saturated heterocycles. The van der Waals surface area contributed by atoms with E-state index in [0.717, 1.165) is 33.7 Å². The van der Waals surface area contributed by atoms with Crippen LogP contribution in [-0.2, 0) is 0 Å². The third-order valence-electron chi connectivity index (χ3n) is 7.04. The first-order valence-electron chi connectivity index (χ1n) is 13.0. The average Bonchev–Trinajstić information content (AvgIpc) is 2.97. The number of hydrogen-bond donors (Lipinski definition) is 1. The number of carbonyl (C=O) groups excluding carboxylic acids is 1. The number of carbonyl (C=O) groups is 1. The highest BCUT2D eigenvalue weighted by atomic mass is 16.1. The van der Waals surface area contributed by atoms with E-state index < -0.39 is 0 Å². The van der Waals surface area contributed by atoms with Crippen LogP contribution in [0.3, 0.4) is 0 Å². The highest BCUT2D eigenvalue weighted by molar-refractivity contribution is 5.95. The molecule has 0 spiro atoms. The second-order valence-corrected chi connectivity index (χ2v) is 9.88. The first-order valence-corrected chi connectivity index (χ1v) is 13.0. The summed E-state index contributed by atoms with van der Waals surface area (Å²) >= 11 is 0. The molecule has 39 heavy (non-hydrogen) atoms. The number of hydrogen-bond acceptors (Lipinski definition) is 7. The number of pyridine rings is 1. The van der Waals surface area contributed by atoms with Crippen LogP contribution in [0.5, 0.6) is 0 Å². The van der Waals surface area contributed by atoms with Gasteiger partial charge in [0.2, 0.25) is 5.96 Å². The fraction of sp³-hybridized carbons (Fsp3) is 0.267. The molecular formula is C30H30N8O. The molecule has 9 heteroatoms. The number of aromatic nitrogens is 3. The molecule has 1 atom stereocenters. The number of nitrogens with one attached hydrogen (secondary N) is 1. The number of nitrogens with zero attached hydrogens (tertiary/aromatic N) is 7. The van der Waals surface area contributed by atoms with Crippen LogP contribution in [0.4, 0.5) is 11.5 Å². The van der Waals surface area contributed by atoms with Gasteiger partial charge in [-0.05, 0) is 49.2 Å². The molecule has 1 aliphatic rings. The molecule has 2 aromatic carbocycles. The lowest BCUT2D eigenvalue weighted by Crippen LogP contribution is -2.59. The quantitative estimate of drug-likeness (QED) is 0.132. The van der Waals surface area contributed by atoms with Crippen LogP contribution in [0.25, 0.3) is 22.2 Å². The number of guanidine groups is 1. The summed E-state index contributed by atoms with van der Waals surface area (Å²) in [5, 5.41) is 22.3. The van der Waals surface area contributed by atoms with Gasteiger partial charge in [-0.3, -0.25) is 15.1 Å². The summed E-state index contributed by atoms with van der Waals surface area (Å²) in [5.74, 6) is 1.66. The third-order valence-corrected chi connectivity index (χ3v) is 7.04. The molecule has 9 nitrogen and oxygen atoms in total. The van der Waals surface area contributed by atoms with Crippen LogP contribution in [0.2, 0.25) is 0 Å². The Balaban J connectivity index is 1.37. The number of anilines is 1. The summed E-state index contributed by atoms with van der Waals surface area (Å²) < 4.78 is 0. The van der Waals surface area contributed by atoms with Crippen molar-refractivity contribution in [1.82, 2.24) is 25.4 Å². The molecule has 1 aliphatic heterocycles. The number of aliphatic imine (C=N–C) groups is 1. The van der Waals surface area contributed by atoms with Crippen molar-refractivity contribution < 1.29 is 4.79 Å². The minimum absolute atomic E-state index is 0.0362. The Bertz CT molecular complexity index is 1540. The van der Waals surface area contributed by atoms with Gasteiger partial charge >= 0.3 is 0 Å². The second-order valence-electron chi connectivity index (χ2n) is 9.88. The predicted molar refractivity (Wildman–Crippen MR) is 153 cm³/mol. The molecule has 0 radical (unpaired) electrons. The van der Waals surface area contributed by atoms with Crippen molar-refractivity contribution in [2.75, 3.05) is 24.5 Å². The Kier molecular flexibility index (Phi) is 7.46. The number of benzene rings is 2. The number of rotatable bonds is 5. The Morgan fingerprint density at radius 1 is 1.05 bits per heavy atom. The lowest BCUT2D eigenvalue weighted by Gasteiger charge is -2.44. The van der Waals surface area contributed by atoms with E-state index in [1.165, 1.54) is 0 Å². The van der Waals surface area contributed by atoms with E-state index in [0.29, 0.717) is 37.1 Å². The zero-order valence-corrected chi connectivity index (χ0v) is 22.2. The maximum absolute atomic E-state index is 11.6. The Morgan fingerprint density at radius 3 is 2.56 bits per heavy atom. The van der Waals surface area contributed by atoms with Crippen molar-refractivity contribution in [2.45, 2.75) is 26.8 Å². The molecule has 1 fully saturated rings. The molecular weight excluding hydrogens is 488 g/mol. The van der Waals surface area contributed by atoms with Gasteiger partial charge < -0.3 is 9.80 Å². The van der Waals surface area contributed by atoms with Gasteiger partial charge in [0.05, 0.1) is 22.9 Å². The maximum Gasteiger partial charge on any atom is 0.213 e. The molecule has 0 amide bonds. The third kappa shape index (κ3) is 5.55. The molecule has 4 aromatic rings. The molecule has 0 aliphatic carbocycles. The van der Waals surface area contributed by atoms with Gasteiger partial charge in [0.25, 0.3) is 0 Å². The molecule has 1 N–H and O–H groups in total. The van der Waals surface area contributed by atoms with E-state index in [1.54, 1.807) is 13.1 Å². The summed E-state index contributed by atoms with van der Waals surface area (Å²) in [6, 6.07) is 21.1. The molecule has 196 valence electrons. The van der Waals surface area contributed by atoms with E-state index in [4.69, 9.17) is 4.99 Å². The first-order chi connectivity index (χ1) is 18.9. The van der Waals surface area contributed by atoms with Crippen molar-refractivity contribution in [3.05, 3.63) is 78.5 Å². The Morgan fingerprint density at radius 2 is 1.87 bits per heavy atom. The molecule has 0 saturated carbocycles. The monoisotopic (exact) mass is 518 g/mol. The molecule has 3 heterocycles. The Hall–Kier alpha value is -4.84. The van der Waals surface area contributed by atoms with E-state index in [2.05, 4.69) is 50.3 Å². The number of nitriles is 1. The number of piperazine rings is 1. The normalized spacial score (nSPS) is 15.9. The lowest BCUT2D eigenvalue weighted by atomic mass is 9.99. The highest BCUT2D eigenvalue weighted by Crippen LogP contribution is 2.27. The van der Waals surface area contributed by atoms with Crippen LogP contribution < -0.4 is 10.2 Å². The van der Waals surface area contributed by atoms with E-state index in [1.807, 2.05) is 66.7 Å². The second kappa shape index (κ2) is 11.3. The Labute approximate surface area is 227 Å². The number of fused-ring (bicyclic) bond motifs is 1. The number of ketones is 1. The van der Waals surface area contributed by atoms with Crippen LogP contribution in [0.15, 0.2) is 77.9 Å². The topological polar surface area (TPSA) is 110 Å². The number of Topliss-reactive ketones (excluding diaryl/α,β-unsaturated/α-hetero) is 1. The van der Waals surface area contributed by atoms with Gasteiger partial charge in [0, 0.05) is 42.3 Å². The summed E-state index contributed by atoms with van der Waals surface area (Å²) in [5.41, 5.74) is 3.96. The molecule has 2 aromatic heterocycles. The van der Waals surface area contributed by atoms with Crippen molar-refractivity contribution in [3.8, 4) is 17.5 Å². The van der Waals surface area contributed by atoms with E-state index in [9.17, 15) is 10.1 Å². The van der Waals surface area contributed by atoms with Crippen molar-refractivity contribution in [1.29, 1.82) is 5.26 Å². The van der Waals surface area contributed by atoms with Crippen LogP contribution in [-0.4, -0.2) is 57.5 Å². The highest BCUT2D eigenvalue weighted by Gasteiger charge is 2.32. The van der Waals surface area contributed by atoms with Gasteiger partial charge in [0.1, 0.15) is 0 Å². The molecule has 0 bridgehead atoms. The van der Waals surface area contributed by atoms with Gasteiger partial charge in [0.15, 0.2) is 17.8 Å². The summed E-state index contributed by atoms with van der Waals surface area (Å²) in [6.45, 7) is 7.98. The van der Waals surface area contributed by atoms with Gasteiger partial charge in [-0.25, -0.2) is 4.99 Å². The summed E-state index contributed by atoms with van der Waals surface area (Å²) in [4.78, 5) is 25.3. The molecule has 5 rings (SSSR count). The first kappa shape index (κ1) is 25.8. The summed E-state index contributed by atoms with van der Waals surface area (Å²) in [6.07, 6.45) is 3.84. The zero-order chi connectivity index (χ0) is 27.4. The average molecular weight is 519 g/mol. The smallest absolute Gasteiger partial charge is 0.213 e. The fourth-order valence-corrected chi connectivity index (χ4v) is 4.89. The van der Waals surface area contributed by atoms with E-state index in [-0.39, 0.29) is 11.8 Å². The van der Waals surface area contributed by atoms with Crippen LogP contribution in [0, 0.1) is 17.4 Å².